The van der Waals surface area contributed by atoms with Crippen molar-refractivity contribution in [3.05, 3.63) is 91.0 Å². The van der Waals surface area contributed by atoms with Crippen molar-refractivity contribution in [1.82, 2.24) is 15.2 Å². The minimum atomic E-state index is 0.557. The second-order valence-corrected chi connectivity index (χ2v) is 12.5. The molecule has 0 radical (unpaired) electrons. The molecule has 0 spiro atoms. The van der Waals surface area contributed by atoms with E-state index in [4.69, 9.17) is 4.98 Å². The number of nitrogens with zero attached hydrogens (tertiary/aromatic N) is 6. The Hall–Kier alpha value is -3.40. The summed E-state index contributed by atoms with van der Waals surface area (Å²) < 4.78 is 0.941. The molecule has 6 nitrogen and oxygen atoms in total. The minimum absolute atomic E-state index is 0.557. The molecule has 0 aliphatic heterocycles. The van der Waals surface area contributed by atoms with Crippen molar-refractivity contribution in [3.8, 4) is 11.3 Å². The molecule has 0 fully saturated rings. The summed E-state index contributed by atoms with van der Waals surface area (Å²) >= 11 is 4.78. The van der Waals surface area contributed by atoms with Gasteiger partial charge in [-0.25, -0.2) is 4.98 Å². The summed E-state index contributed by atoms with van der Waals surface area (Å²) in [6, 6.07) is 30.7. The van der Waals surface area contributed by atoms with Crippen molar-refractivity contribution in [2.45, 2.75) is 43.9 Å². The van der Waals surface area contributed by atoms with Crippen molar-refractivity contribution in [2.24, 2.45) is 16.1 Å². The number of anilines is 3. The van der Waals surface area contributed by atoms with Gasteiger partial charge in [0.15, 0.2) is 14.5 Å². The van der Waals surface area contributed by atoms with Crippen LogP contribution in [-0.2, 0) is 0 Å². The molecule has 204 valence electrons. The van der Waals surface area contributed by atoms with Gasteiger partial charge in [-0.2, -0.15) is 0 Å². The fourth-order valence-corrected chi connectivity index (χ4v) is 7.15. The van der Waals surface area contributed by atoms with E-state index >= 15 is 0 Å². The van der Waals surface area contributed by atoms with Gasteiger partial charge >= 0.3 is 0 Å². The van der Waals surface area contributed by atoms with E-state index in [1.54, 1.807) is 11.8 Å². The first-order chi connectivity index (χ1) is 19.7. The minimum Gasteiger partial charge on any atom is -0.286 e. The number of hydrogen-bond acceptors (Lipinski definition) is 9. The number of hydrogen-bond donors (Lipinski definition) is 0. The third-order valence-corrected chi connectivity index (χ3v) is 9.57. The summed E-state index contributed by atoms with van der Waals surface area (Å²) in [5.41, 5.74) is 3.84. The highest BCUT2D eigenvalue weighted by Gasteiger charge is 2.21. The maximum atomic E-state index is 5.09. The standard InChI is InChI=1S/C31H32N6S3/c1-3-5-15-23(4-2)22-38-31-36-35-29(40-31)34-33-28-27(24-16-9-6-10-17-24)32-30(39-28)37(25-18-11-7-12-19-25)26-20-13-8-14-21-26/h6-14,16-21,23H,3-5,15,22H2,1-2H3. The lowest BCUT2D eigenvalue weighted by molar-refractivity contribution is 0.499. The monoisotopic (exact) mass is 584 g/mol. The lowest BCUT2D eigenvalue weighted by atomic mass is 10.0. The summed E-state index contributed by atoms with van der Waals surface area (Å²) in [6.07, 6.45) is 4.98. The Labute approximate surface area is 248 Å². The van der Waals surface area contributed by atoms with Gasteiger partial charge in [-0.3, -0.25) is 4.90 Å². The molecule has 2 heterocycles. The Morgan fingerprint density at radius 2 is 1.45 bits per heavy atom. The number of thiazole rings is 1. The zero-order valence-corrected chi connectivity index (χ0v) is 25.1. The molecule has 1 unspecified atom stereocenters. The molecule has 3 aromatic carbocycles. The first-order valence-electron chi connectivity index (χ1n) is 13.6. The summed E-state index contributed by atoms with van der Waals surface area (Å²) in [7, 11) is 0. The Bertz CT molecular complexity index is 1450. The quantitative estimate of drug-likeness (QED) is 0.102. The zero-order valence-electron chi connectivity index (χ0n) is 22.7. The fraction of sp³-hybridized carbons (Fsp3) is 0.258. The van der Waals surface area contributed by atoms with Gasteiger partial charge in [0.05, 0.1) is 0 Å². The topological polar surface area (TPSA) is 66.6 Å². The van der Waals surface area contributed by atoms with E-state index in [9.17, 15) is 0 Å². The third kappa shape index (κ3) is 7.21. The van der Waals surface area contributed by atoms with E-state index in [-0.39, 0.29) is 0 Å². The fourth-order valence-electron chi connectivity index (χ4n) is 4.25. The highest BCUT2D eigenvalue weighted by molar-refractivity contribution is 8.01. The van der Waals surface area contributed by atoms with Crippen LogP contribution in [0.2, 0.25) is 0 Å². The van der Waals surface area contributed by atoms with Crippen LogP contribution < -0.4 is 4.90 Å². The summed E-state index contributed by atoms with van der Waals surface area (Å²) in [6.45, 7) is 4.52. The van der Waals surface area contributed by atoms with Crippen molar-refractivity contribution >= 4 is 61.1 Å². The molecular formula is C31H32N6S3. The number of benzene rings is 3. The molecule has 0 aliphatic rings. The van der Waals surface area contributed by atoms with Crippen molar-refractivity contribution in [2.75, 3.05) is 10.7 Å². The van der Waals surface area contributed by atoms with Gasteiger partial charge < -0.3 is 0 Å². The Balaban J connectivity index is 1.44. The predicted molar refractivity (Wildman–Crippen MR) is 170 cm³/mol. The largest absolute Gasteiger partial charge is 0.286 e. The van der Waals surface area contributed by atoms with E-state index in [1.807, 2.05) is 54.6 Å². The van der Waals surface area contributed by atoms with Crippen LogP contribution in [0.25, 0.3) is 11.3 Å². The van der Waals surface area contributed by atoms with E-state index in [2.05, 4.69) is 75.6 Å². The van der Waals surface area contributed by atoms with Crippen molar-refractivity contribution in [1.29, 1.82) is 0 Å². The van der Waals surface area contributed by atoms with Crippen LogP contribution in [0.4, 0.5) is 26.6 Å². The zero-order chi connectivity index (χ0) is 27.6. The van der Waals surface area contributed by atoms with Crippen LogP contribution in [-0.4, -0.2) is 20.9 Å². The van der Waals surface area contributed by atoms with Gasteiger partial charge in [-0.15, -0.1) is 20.4 Å². The lowest BCUT2D eigenvalue weighted by Crippen LogP contribution is -2.09. The van der Waals surface area contributed by atoms with Crippen molar-refractivity contribution < 1.29 is 0 Å². The molecule has 9 heteroatoms. The number of para-hydroxylation sites is 2. The Morgan fingerprint density at radius 1 is 0.800 bits per heavy atom. The molecule has 5 aromatic rings. The second-order valence-electron chi connectivity index (χ2n) is 9.30. The molecule has 1 atom stereocenters. The van der Waals surface area contributed by atoms with Gasteiger partial charge in [0.2, 0.25) is 0 Å². The van der Waals surface area contributed by atoms with E-state index in [0.717, 1.165) is 42.9 Å². The molecule has 0 amide bonds. The van der Waals surface area contributed by atoms with Gasteiger partial charge in [0, 0.05) is 22.7 Å². The highest BCUT2D eigenvalue weighted by Crippen LogP contribution is 2.45. The van der Waals surface area contributed by atoms with Gasteiger partial charge in [-0.1, -0.05) is 134 Å². The smallest absolute Gasteiger partial charge is 0.252 e. The average molecular weight is 585 g/mol. The van der Waals surface area contributed by atoms with Crippen LogP contribution >= 0.6 is 34.4 Å². The Kier molecular flexibility index (Phi) is 10.1. The van der Waals surface area contributed by atoms with Crippen LogP contribution in [0, 0.1) is 5.92 Å². The highest BCUT2D eigenvalue weighted by atomic mass is 32.2. The molecule has 0 aliphatic carbocycles. The maximum Gasteiger partial charge on any atom is 0.252 e. The van der Waals surface area contributed by atoms with E-state index in [1.165, 1.54) is 48.4 Å². The van der Waals surface area contributed by atoms with Crippen LogP contribution in [0.3, 0.4) is 0 Å². The molecule has 0 saturated carbocycles. The van der Waals surface area contributed by atoms with Gasteiger partial charge in [0.1, 0.15) is 5.69 Å². The number of aromatic nitrogens is 3. The molecule has 5 rings (SSSR count). The first-order valence-corrected chi connectivity index (χ1v) is 16.2. The van der Waals surface area contributed by atoms with E-state index in [0.29, 0.717) is 11.0 Å². The third-order valence-electron chi connectivity index (χ3n) is 6.47. The molecule has 40 heavy (non-hydrogen) atoms. The first kappa shape index (κ1) is 28.1. The summed E-state index contributed by atoms with van der Waals surface area (Å²) in [4.78, 5) is 7.24. The average Bonchev–Trinajstić information content (AvgIpc) is 3.65. The lowest BCUT2D eigenvalue weighted by Gasteiger charge is -2.22. The van der Waals surface area contributed by atoms with Gasteiger partial charge in [-0.05, 0) is 36.6 Å². The van der Waals surface area contributed by atoms with Gasteiger partial charge in [0.25, 0.3) is 5.13 Å². The number of thioether (sulfide) groups is 1. The molecule has 0 bridgehead atoms. The number of rotatable bonds is 13. The van der Waals surface area contributed by atoms with Crippen molar-refractivity contribution in [3.63, 3.8) is 0 Å². The number of azo groups is 1. The molecule has 0 N–H and O–H groups in total. The molecule has 0 saturated heterocycles. The Morgan fingerprint density at radius 3 is 2.08 bits per heavy atom. The summed E-state index contributed by atoms with van der Waals surface area (Å²) in [5, 5.41) is 19.9. The van der Waals surface area contributed by atoms with E-state index < -0.39 is 0 Å². The van der Waals surface area contributed by atoms with Crippen LogP contribution in [0.15, 0.2) is 106 Å². The molecular weight excluding hydrogens is 553 g/mol. The number of unbranched alkanes of at least 4 members (excludes halogenated alkanes) is 1. The molecule has 2 aromatic heterocycles. The SMILES string of the molecule is CCCCC(CC)CSc1nnc(N=Nc2sc(N(c3ccccc3)c3ccccc3)nc2-c2ccccc2)s1. The summed E-state index contributed by atoms with van der Waals surface area (Å²) in [5.74, 6) is 1.77. The van der Waals surface area contributed by atoms with Crippen LogP contribution in [0.1, 0.15) is 39.5 Å². The normalized spacial score (nSPS) is 12.2. The second kappa shape index (κ2) is 14.3. The van der Waals surface area contributed by atoms with Crippen LogP contribution in [0.5, 0.6) is 0 Å². The maximum absolute atomic E-state index is 5.09. The predicted octanol–water partition coefficient (Wildman–Crippen LogP) is 10.9.